The van der Waals surface area contributed by atoms with E-state index >= 15 is 0 Å². The smallest absolute Gasteiger partial charge is 0.115 e. The zero-order valence-corrected chi connectivity index (χ0v) is 11.7. The molecule has 0 fully saturated rings. The van der Waals surface area contributed by atoms with E-state index < -0.39 is 0 Å². The van der Waals surface area contributed by atoms with Gasteiger partial charge in [0.15, 0.2) is 0 Å². The third-order valence-electron chi connectivity index (χ3n) is 2.94. The highest BCUT2D eigenvalue weighted by Crippen LogP contribution is 2.30. The van der Waals surface area contributed by atoms with Crippen molar-refractivity contribution < 1.29 is 0 Å². The first-order chi connectivity index (χ1) is 9.34. The number of hydrogen-bond acceptors (Lipinski definition) is 2. The van der Waals surface area contributed by atoms with Crippen molar-refractivity contribution in [2.24, 2.45) is 0 Å². The maximum absolute atomic E-state index is 4.06. The van der Waals surface area contributed by atoms with E-state index in [9.17, 15) is 0 Å². The van der Waals surface area contributed by atoms with E-state index in [1.165, 1.54) is 11.1 Å². The number of benzene rings is 2. The minimum absolute atomic E-state index is 1.02. The first-order valence-electron chi connectivity index (χ1n) is 5.95. The SMILES string of the molecule is Brc1ccccc1-c1cccc(-c2cncnc2)c1. The highest BCUT2D eigenvalue weighted by molar-refractivity contribution is 9.10. The van der Waals surface area contributed by atoms with Gasteiger partial charge in [-0.25, -0.2) is 9.97 Å². The topological polar surface area (TPSA) is 25.8 Å². The lowest BCUT2D eigenvalue weighted by molar-refractivity contribution is 1.17. The summed E-state index contributed by atoms with van der Waals surface area (Å²) in [5.74, 6) is 0. The minimum atomic E-state index is 1.02. The zero-order chi connectivity index (χ0) is 13.1. The second-order valence-electron chi connectivity index (χ2n) is 4.19. The summed E-state index contributed by atoms with van der Waals surface area (Å²) >= 11 is 3.59. The van der Waals surface area contributed by atoms with E-state index in [-0.39, 0.29) is 0 Å². The molecule has 2 aromatic carbocycles. The quantitative estimate of drug-likeness (QED) is 0.692. The molecule has 0 aliphatic rings. The fourth-order valence-electron chi connectivity index (χ4n) is 2.01. The van der Waals surface area contributed by atoms with Gasteiger partial charge in [-0.15, -0.1) is 0 Å². The highest BCUT2D eigenvalue weighted by Gasteiger charge is 2.04. The molecule has 2 nitrogen and oxygen atoms in total. The van der Waals surface area contributed by atoms with Crippen molar-refractivity contribution in [2.45, 2.75) is 0 Å². The fraction of sp³-hybridized carbons (Fsp3) is 0. The third-order valence-corrected chi connectivity index (χ3v) is 3.63. The molecule has 0 bridgehead atoms. The Labute approximate surface area is 120 Å². The lowest BCUT2D eigenvalue weighted by atomic mass is 10.0. The van der Waals surface area contributed by atoms with E-state index in [0.717, 1.165) is 15.6 Å². The molecule has 0 spiro atoms. The van der Waals surface area contributed by atoms with Gasteiger partial charge in [-0.1, -0.05) is 52.3 Å². The highest BCUT2D eigenvalue weighted by atomic mass is 79.9. The van der Waals surface area contributed by atoms with Crippen LogP contribution in [0.4, 0.5) is 0 Å². The van der Waals surface area contributed by atoms with Gasteiger partial charge < -0.3 is 0 Å². The molecule has 1 aromatic heterocycles. The number of nitrogens with zero attached hydrogens (tertiary/aromatic N) is 2. The van der Waals surface area contributed by atoms with E-state index in [1.54, 1.807) is 6.33 Å². The number of rotatable bonds is 2. The van der Waals surface area contributed by atoms with Crippen LogP contribution in [0, 0.1) is 0 Å². The monoisotopic (exact) mass is 310 g/mol. The van der Waals surface area contributed by atoms with Crippen LogP contribution in [0.1, 0.15) is 0 Å². The molecule has 0 atom stereocenters. The van der Waals surface area contributed by atoms with Crippen LogP contribution in [0.2, 0.25) is 0 Å². The Bertz CT molecular complexity index is 696. The van der Waals surface area contributed by atoms with Crippen molar-refractivity contribution in [3.8, 4) is 22.3 Å². The second-order valence-corrected chi connectivity index (χ2v) is 5.04. The van der Waals surface area contributed by atoms with Crippen LogP contribution in [0.25, 0.3) is 22.3 Å². The van der Waals surface area contributed by atoms with Gasteiger partial charge in [-0.2, -0.15) is 0 Å². The maximum Gasteiger partial charge on any atom is 0.115 e. The molecule has 0 aliphatic heterocycles. The van der Waals surface area contributed by atoms with Crippen LogP contribution in [0.5, 0.6) is 0 Å². The van der Waals surface area contributed by atoms with E-state index in [1.807, 2.05) is 30.6 Å². The summed E-state index contributed by atoms with van der Waals surface area (Å²) in [7, 11) is 0. The molecule has 1 heterocycles. The van der Waals surface area contributed by atoms with Crippen LogP contribution >= 0.6 is 15.9 Å². The summed E-state index contributed by atoms with van der Waals surface area (Å²) in [5.41, 5.74) is 4.50. The lowest BCUT2D eigenvalue weighted by Gasteiger charge is -2.07. The molecule has 0 radical (unpaired) electrons. The van der Waals surface area contributed by atoms with Crippen LogP contribution < -0.4 is 0 Å². The van der Waals surface area contributed by atoms with Crippen molar-refractivity contribution in [2.75, 3.05) is 0 Å². The van der Waals surface area contributed by atoms with E-state index in [2.05, 4.69) is 56.2 Å². The standard InChI is InChI=1S/C16H11BrN2/c17-16-7-2-1-6-15(16)13-5-3-4-12(8-13)14-9-18-11-19-10-14/h1-11H. The molecule has 19 heavy (non-hydrogen) atoms. The molecule has 0 aliphatic carbocycles. The van der Waals surface area contributed by atoms with Gasteiger partial charge in [0, 0.05) is 22.4 Å². The molecule has 3 aromatic rings. The summed E-state index contributed by atoms with van der Waals surface area (Å²) in [5, 5.41) is 0. The molecule has 0 saturated heterocycles. The van der Waals surface area contributed by atoms with Crippen molar-refractivity contribution in [1.29, 1.82) is 0 Å². The Morgan fingerprint density at radius 3 is 2.26 bits per heavy atom. The summed E-state index contributed by atoms with van der Waals surface area (Å²) in [6, 6.07) is 16.6. The Kier molecular flexibility index (Phi) is 3.38. The first-order valence-corrected chi connectivity index (χ1v) is 6.74. The maximum atomic E-state index is 4.06. The van der Waals surface area contributed by atoms with E-state index in [0.29, 0.717) is 0 Å². The number of aromatic nitrogens is 2. The molecule has 0 N–H and O–H groups in total. The molecular formula is C16H11BrN2. The van der Waals surface area contributed by atoms with Gasteiger partial charge in [0.2, 0.25) is 0 Å². The van der Waals surface area contributed by atoms with Crippen LogP contribution in [0.3, 0.4) is 0 Å². The summed E-state index contributed by atoms with van der Waals surface area (Å²) < 4.78 is 1.09. The zero-order valence-electron chi connectivity index (χ0n) is 10.1. The van der Waals surface area contributed by atoms with Gasteiger partial charge in [-0.3, -0.25) is 0 Å². The van der Waals surface area contributed by atoms with Crippen molar-refractivity contribution in [3.05, 3.63) is 71.7 Å². The number of halogens is 1. The van der Waals surface area contributed by atoms with Crippen LogP contribution in [-0.4, -0.2) is 9.97 Å². The van der Waals surface area contributed by atoms with E-state index in [4.69, 9.17) is 0 Å². The Hall–Kier alpha value is -2.00. The molecule has 3 heteroatoms. The van der Waals surface area contributed by atoms with Crippen molar-refractivity contribution >= 4 is 15.9 Å². The predicted octanol–water partition coefficient (Wildman–Crippen LogP) is 4.57. The van der Waals surface area contributed by atoms with Gasteiger partial charge in [-0.05, 0) is 28.8 Å². The van der Waals surface area contributed by atoms with Gasteiger partial charge in [0.05, 0.1) is 0 Å². The third kappa shape index (κ3) is 2.56. The summed E-state index contributed by atoms with van der Waals surface area (Å²) in [4.78, 5) is 8.12. The average Bonchev–Trinajstić information content (AvgIpc) is 2.49. The molecule has 0 unspecified atom stereocenters. The average molecular weight is 311 g/mol. The number of hydrogen-bond donors (Lipinski definition) is 0. The minimum Gasteiger partial charge on any atom is -0.244 e. The predicted molar refractivity (Wildman–Crippen MR) is 80.6 cm³/mol. The Balaban J connectivity index is 2.09. The first kappa shape index (κ1) is 12.1. The Morgan fingerprint density at radius 1 is 0.737 bits per heavy atom. The molecule has 92 valence electrons. The molecule has 3 rings (SSSR count). The normalized spacial score (nSPS) is 10.4. The largest absolute Gasteiger partial charge is 0.244 e. The van der Waals surface area contributed by atoms with Crippen molar-refractivity contribution in [1.82, 2.24) is 9.97 Å². The molecular weight excluding hydrogens is 300 g/mol. The fourth-order valence-corrected chi connectivity index (χ4v) is 2.52. The lowest BCUT2D eigenvalue weighted by Crippen LogP contribution is -1.84. The molecule has 0 amide bonds. The van der Waals surface area contributed by atoms with Crippen molar-refractivity contribution in [3.63, 3.8) is 0 Å². The second kappa shape index (κ2) is 5.33. The Morgan fingerprint density at radius 2 is 1.47 bits per heavy atom. The van der Waals surface area contributed by atoms with Gasteiger partial charge >= 0.3 is 0 Å². The summed E-state index contributed by atoms with van der Waals surface area (Å²) in [6.45, 7) is 0. The summed E-state index contributed by atoms with van der Waals surface area (Å²) in [6.07, 6.45) is 5.19. The van der Waals surface area contributed by atoms with Crippen LogP contribution in [0.15, 0.2) is 71.7 Å². The van der Waals surface area contributed by atoms with Gasteiger partial charge in [0.25, 0.3) is 0 Å². The molecule has 0 saturated carbocycles. The van der Waals surface area contributed by atoms with Crippen LogP contribution in [-0.2, 0) is 0 Å². The van der Waals surface area contributed by atoms with Gasteiger partial charge in [0.1, 0.15) is 6.33 Å².